The Balaban J connectivity index is 1.85. The fraction of sp³-hybridized carbons (Fsp3) is 0.600. The molecule has 154 valence electrons. The van der Waals surface area contributed by atoms with Crippen molar-refractivity contribution in [1.82, 2.24) is 10.6 Å². The summed E-state index contributed by atoms with van der Waals surface area (Å²) < 4.78 is 10.7. The smallest absolute Gasteiger partial charge is 0.417 e. The average Bonchev–Trinajstić information content (AvgIpc) is 3.00. The highest BCUT2D eigenvalue weighted by Crippen LogP contribution is 2.34. The van der Waals surface area contributed by atoms with Crippen LogP contribution in [0, 0.1) is 0 Å². The number of quaternary nitrogens is 1. The van der Waals surface area contributed by atoms with Crippen LogP contribution in [0.4, 0.5) is 4.79 Å². The highest BCUT2D eigenvalue weighted by atomic mass is 16.8. The van der Waals surface area contributed by atoms with Gasteiger partial charge in [-0.25, -0.2) is 4.79 Å². The number of piperidine rings is 1. The lowest BCUT2D eigenvalue weighted by Crippen LogP contribution is -2.76. The molecule has 28 heavy (non-hydrogen) atoms. The van der Waals surface area contributed by atoms with Crippen molar-refractivity contribution in [3.63, 3.8) is 0 Å². The summed E-state index contributed by atoms with van der Waals surface area (Å²) in [6.07, 6.45) is 2.38. The number of rotatable bonds is 6. The minimum atomic E-state index is -0.870. The maximum Gasteiger partial charge on any atom is 0.560 e. The highest BCUT2D eigenvalue weighted by Gasteiger charge is 2.65. The number of carbonyl (C=O) groups excluding carboxylic acids is 2. The van der Waals surface area contributed by atoms with Crippen LogP contribution >= 0.6 is 0 Å². The Hall–Kier alpha value is -2.00. The van der Waals surface area contributed by atoms with E-state index in [0.29, 0.717) is 6.61 Å². The summed E-state index contributed by atoms with van der Waals surface area (Å²) in [4.78, 5) is 30.8. The van der Waals surface area contributed by atoms with Crippen molar-refractivity contribution in [2.75, 3.05) is 13.2 Å². The van der Waals surface area contributed by atoms with E-state index in [1.807, 2.05) is 35.3 Å². The second-order valence-electron chi connectivity index (χ2n) is 7.42. The van der Waals surface area contributed by atoms with Gasteiger partial charge in [-0.2, -0.15) is 4.79 Å². The van der Waals surface area contributed by atoms with Gasteiger partial charge >= 0.3 is 12.1 Å². The van der Waals surface area contributed by atoms with Gasteiger partial charge in [0.1, 0.15) is 6.61 Å². The number of ether oxygens (including phenoxy) is 2. The molecular formula is C20H30N3O5+. The topological polar surface area (TPSA) is 77.1 Å². The first-order valence-corrected chi connectivity index (χ1v) is 9.95. The van der Waals surface area contributed by atoms with Gasteiger partial charge in [-0.05, 0) is 50.3 Å². The lowest BCUT2D eigenvalue weighted by atomic mass is 9.99. The molecular weight excluding hydrogens is 362 g/mol. The normalized spacial score (nSPS) is 30.8. The molecule has 4 atom stereocenters. The van der Waals surface area contributed by atoms with Crippen molar-refractivity contribution >= 4 is 12.1 Å². The van der Waals surface area contributed by atoms with Gasteiger partial charge in [-0.15, -0.1) is 5.01 Å². The molecule has 3 rings (SSSR count). The third-order valence-electron chi connectivity index (χ3n) is 5.45. The SMILES string of the molecule is CCOC(=O)[N+]1(N2C(C)CCCC2C)NOC(=O)C1COCc1ccccc1. The maximum atomic E-state index is 13.1. The largest absolute Gasteiger partial charge is 0.560 e. The Morgan fingerprint density at radius 1 is 1.25 bits per heavy atom. The Kier molecular flexibility index (Phi) is 6.66. The molecule has 2 aliphatic heterocycles. The first-order chi connectivity index (χ1) is 13.5. The van der Waals surface area contributed by atoms with E-state index in [-0.39, 0.29) is 25.3 Å². The maximum absolute atomic E-state index is 13.1. The van der Waals surface area contributed by atoms with Crippen molar-refractivity contribution in [3.8, 4) is 0 Å². The van der Waals surface area contributed by atoms with Gasteiger partial charge in [-0.3, -0.25) is 0 Å². The summed E-state index contributed by atoms with van der Waals surface area (Å²) in [6, 6.07) is 8.98. The number of amides is 1. The minimum Gasteiger partial charge on any atom is -0.417 e. The van der Waals surface area contributed by atoms with Crippen molar-refractivity contribution in [1.29, 1.82) is 0 Å². The molecule has 1 aromatic rings. The third-order valence-corrected chi connectivity index (χ3v) is 5.45. The van der Waals surface area contributed by atoms with Crippen LogP contribution in [0.1, 0.15) is 45.6 Å². The number of carbonyl (C=O) groups is 2. The Bertz CT molecular complexity index is 676. The number of nitrogens with one attached hydrogen (secondary N) is 1. The van der Waals surface area contributed by atoms with E-state index in [4.69, 9.17) is 14.3 Å². The molecule has 0 spiro atoms. The van der Waals surface area contributed by atoms with E-state index in [1.165, 1.54) is 0 Å². The molecule has 8 nitrogen and oxygen atoms in total. The Morgan fingerprint density at radius 2 is 1.93 bits per heavy atom. The second-order valence-corrected chi connectivity index (χ2v) is 7.42. The minimum absolute atomic E-state index is 0.0372. The number of hydrogen-bond donors (Lipinski definition) is 1. The highest BCUT2D eigenvalue weighted by molar-refractivity contribution is 5.78. The van der Waals surface area contributed by atoms with E-state index in [2.05, 4.69) is 19.4 Å². The van der Waals surface area contributed by atoms with Crippen LogP contribution in [-0.4, -0.2) is 53.1 Å². The zero-order valence-corrected chi connectivity index (χ0v) is 16.8. The van der Waals surface area contributed by atoms with Gasteiger partial charge < -0.3 is 14.3 Å². The molecule has 2 saturated heterocycles. The molecule has 2 aliphatic rings. The third kappa shape index (κ3) is 3.91. The summed E-state index contributed by atoms with van der Waals surface area (Å²) in [5.41, 5.74) is 3.69. The van der Waals surface area contributed by atoms with Crippen LogP contribution in [0.3, 0.4) is 0 Å². The van der Waals surface area contributed by atoms with Crippen molar-refractivity contribution in [2.45, 2.75) is 64.8 Å². The molecule has 1 N–H and O–H groups in total. The Morgan fingerprint density at radius 3 is 2.57 bits per heavy atom. The summed E-state index contributed by atoms with van der Waals surface area (Å²) in [5.74, 6) is -0.522. The standard InChI is InChI=1S/C20H30N3O5/c1-4-27-20(25)23(22-15(2)9-8-10-16(22)3)18(19(24)28-21-23)14-26-13-17-11-6-5-7-12-17/h5-7,11-12,15-16,18,21H,4,8-10,13-14H2,1-3H3/q+1. The first kappa shape index (κ1) is 20.7. The average molecular weight is 392 g/mol. The zero-order chi connectivity index (χ0) is 20.1. The van der Waals surface area contributed by atoms with Crippen LogP contribution in [-0.2, 0) is 25.7 Å². The van der Waals surface area contributed by atoms with Crippen LogP contribution < -0.4 is 5.59 Å². The number of hydrogen-bond acceptors (Lipinski definition) is 7. The molecule has 1 aromatic carbocycles. The van der Waals surface area contributed by atoms with E-state index < -0.39 is 22.8 Å². The van der Waals surface area contributed by atoms with Crippen molar-refractivity contribution in [3.05, 3.63) is 35.9 Å². The zero-order valence-electron chi connectivity index (χ0n) is 16.8. The molecule has 2 heterocycles. The molecule has 0 bridgehead atoms. The quantitative estimate of drug-likeness (QED) is 0.746. The Labute approximate surface area is 165 Å². The van der Waals surface area contributed by atoms with Gasteiger partial charge in [0.25, 0.3) is 6.04 Å². The molecule has 1 amide bonds. The van der Waals surface area contributed by atoms with E-state index in [9.17, 15) is 9.59 Å². The van der Waals surface area contributed by atoms with Gasteiger partial charge in [-0.1, -0.05) is 30.3 Å². The van der Waals surface area contributed by atoms with E-state index in [1.54, 1.807) is 6.92 Å². The summed E-state index contributed by atoms with van der Waals surface area (Å²) in [5, 5.41) is 1.99. The summed E-state index contributed by atoms with van der Waals surface area (Å²) in [6.45, 7) is 6.45. The first-order valence-electron chi connectivity index (χ1n) is 9.95. The number of benzene rings is 1. The van der Waals surface area contributed by atoms with Gasteiger partial charge in [0, 0.05) is 5.59 Å². The molecule has 0 radical (unpaired) electrons. The lowest BCUT2D eigenvalue weighted by Gasteiger charge is -2.46. The van der Waals surface area contributed by atoms with Gasteiger partial charge in [0.2, 0.25) is 0 Å². The van der Waals surface area contributed by atoms with Gasteiger partial charge in [0.05, 0.1) is 25.3 Å². The summed E-state index contributed by atoms with van der Waals surface area (Å²) in [7, 11) is 0. The van der Waals surface area contributed by atoms with Crippen LogP contribution in [0.25, 0.3) is 0 Å². The fourth-order valence-corrected chi connectivity index (χ4v) is 4.16. The lowest BCUT2D eigenvalue weighted by molar-refractivity contribution is -1.04. The van der Waals surface area contributed by atoms with E-state index in [0.717, 1.165) is 24.8 Å². The summed E-state index contributed by atoms with van der Waals surface area (Å²) >= 11 is 0. The van der Waals surface area contributed by atoms with Crippen molar-refractivity contribution < 1.29 is 28.6 Å². The monoisotopic (exact) mass is 392 g/mol. The fourth-order valence-electron chi connectivity index (χ4n) is 4.16. The second kappa shape index (κ2) is 9.00. The molecule has 0 aliphatic carbocycles. The van der Waals surface area contributed by atoms with Crippen LogP contribution in [0.15, 0.2) is 30.3 Å². The van der Waals surface area contributed by atoms with Crippen LogP contribution in [0.5, 0.6) is 0 Å². The molecule has 0 aromatic heterocycles. The van der Waals surface area contributed by atoms with Crippen LogP contribution in [0.2, 0.25) is 0 Å². The number of nitrogens with zero attached hydrogens (tertiary/aromatic N) is 2. The van der Waals surface area contributed by atoms with Gasteiger partial charge in [0.15, 0.2) is 0 Å². The predicted molar refractivity (Wildman–Crippen MR) is 101 cm³/mol. The molecule has 0 saturated carbocycles. The molecule has 8 heteroatoms. The predicted octanol–water partition coefficient (Wildman–Crippen LogP) is 2.70. The molecule has 4 unspecified atom stereocenters. The van der Waals surface area contributed by atoms with Crippen molar-refractivity contribution in [2.24, 2.45) is 0 Å². The molecule has 2 fully saturated rings. The van der Waals surface area contributed by atoms with E-state index >= 15 is 0 Å².